The van der Waals surface area contributed by atoms with E-state index in [1.54, 1.807) is 36.4 Å². The molecule has 0 aromatic heterocycles. The highest BCUT2D eigenvalue weighted by Gasteiger charge is 2.36. The predicted molar refractivity (Wildman–Crippen MR) is 166 cm³/mol. The van der Waals surface area contributed by atoms with Crippen molar-refractivity contribution in [3.63, 3.8) is 0 Å². The topological polar surface area (TPSA) is 105 Å². The Hall–Kier alpha value is -4.57. The lowest BCUT2D eigenvalue weighted by Crippen LogP contribution is -2.36. The van der Waals surface area contributed by atoms with E-state index in [2.05, 4.69) is 5.32 Å². The van der Waals surface area contributed by atoms with Gasteiger partial charge < -0.3 is 19.7 Å². The van der Waals surface area contributed by atoms with Gasteiger partial charge in [0.25, 0.3) is 17.1 Å². The van der Waals surface area contributed by atoms with Gasteiger partial charge in [-0.1, -0.05) is 30.3 Å². The van der Waals surface area contributed by atoms with Gasteiger partial charge in [0.2, 0.25) is 5.91 Å². The lowest BCUT2D eigenvalue weighted by atomic mass is 10.1. The van der Waals surface area contributed by atoms with Crippen LogP contribution in [-0.2, 0) is 16.2 Å². The Morgan fingerprint density at radius 2 is 1.72 bits per heavy atom. The second-order valence-corrected chi connectivity index (χ2v) is 11.4. The second kappa shape index (κ2) is 13.6. The third kappa shape index (κ3) is 7.45. The molecule has 43 heavy (non-hydrogen) atoms. The maximum atomic E-state index is 13.0. The SMILES string of the molecule is COc1cc(/C=C2\SC(=O)N(CC(=O)Nc3cccc(C)c3)C2=O)ccc1OCc1ccc(C(=O)N2CCCCC2)cc1. The summed E-state index contributed by atoms with van der Waals surface area (Å²) in [5.74, 6) is 0.0423. The lowest BCUT2D eigenvalue weighted by molar-refractivity contribution is -0.127. The molecule has 2 fully saturated rings. The summed E-state index contributed by atoms with van der Waals surface area (Å²) in [5.41, 5.74) is 3.79. The number of carbonyl (C=O) groups excluding carboxylic acids is 4. The van der Waals surface area contributed by atoms with Crippen molar-refractivity contribution in [2.45, 2.75) is 32.8 Å². The second-order valence-electron chi connectivity index (χ2n) is 10.4. The summed E-state index contributed by atoms with van der Waals surface area (Å²) < 4.78 is 11.5. The van der Waals surface area contributed by atoms with Crippen LogP contribution in [0.2, 0.25) is 0 Å². The minimum absolute atomic E-state index is 0.0628. The number of anilines is 1. The third-order valence-corrected chi connectivity index (χ3v) is 8.11. The highest BCUT2D eigenvalue weighted by molar-refractivity contribution is 8.18. The van der Waals surface area contributed by atoms with Crippen LogP contribution in [0.5, 0.6) is 11.5 Å². The molecule has 2 aliphatic heterocycles. The normalized spacial score (nSPS) is 16.0. The number of methoxy groups -OCH3 is 1. The summed E-state index contributed by atoms with van der Waals surface area (Å²) in [7, 11) is 1.52. The molecule has 3 aromatic carbocycles. The zero-order chi connectivity index (χ0) is 30.3. The van der Waals surface area contributed by atoms with Crippen LogP contribution in [-0.4, -0.2) is 59.5 Å². The maximum absolute atomic E-state index is 13.0. The Morgan fingerprint density at radius 3 is 2.44 bits per heavy atom. The molecule has 0 atom stereocenters. The van der Waals surface area contributed by atoms with Gasteiger partial charge in [0.15, 0.2) is 11.5 Å². The Labute approximate surface area is 254 Å². The maximum Gasteiger partial charge on any atom is 0.294 e. The van der Waals surface area contributed by atoms with Crippen molar-refractivity contribution in [1.82, 2.24) is 9.80 Å². The summed E-state index contributed by atoms with van der Waals surface area (Å²) in [6.45, 7) is 3.42. The average Bonchev–Trinajstić information content (AvgIpc) is 3.27. The number of hydrogen-bond acceptors (Lipinski definition) is 7. The minimum atomic E-state index is -0.532. The molecule has 2 heterocycles. The molecule has 4 amide bonds. The highest BCUT2D eigenvalue weighted by Crippen LogP contribution is 2.35. The van der Waals surface area contributed by atoms with Crippen LogP contribution in [0.4, 0.5) is 10.5 Å². The molecule has 1 N–H and O–H groups in total. The van der Waals surface area contributed by atoms with E-state index >= 15 is 0 Å². The molecule has 10 heteroatoms. The molecular weight excluding hydrogens is 566 g/mol. The highest BCUT2D eigenvalue weighted by atomic mass is 32.2. The number of aryl methyl sites for hydroxylation is 1. The molecule has 0 saturated carbocycles. The van der Waals surface area contributed by atoms with E-state index in [4.69, 9.17) is 9.47 Å². The first-order valence-electron chi connectivity index (χ1n) is 14.1. The molecule has 0 spiro atoms. The molecule has 222 valence electrons. The first-order valence-corrected chi connectivity index (χ1v) is 14.9. The minimum Gasteiger partial charge on any atom is -0.493 e. The summed E-state index contributed by atoms with van der Waals surface area (Å²) >= 11 is 0.784. The number of amides is 4. The molecule has 0 aliphatic carbocycles. The van der Waals surface area contributed by atoms with Gasteiger partial charge in [-0.3, -0.25) is 24.1 Å². The molecule has 9 nitrogen and oxygen atoms in total. The molecule has 5 rings (SSSR count). The van der Waals surface area contributed by atoms with E-state index < -0.39 is 17.1 Å². The molecule has 2 aliphatic rings. The van der Waals surface area contributed by atoms with Crippen LogP contribution in [0.1, 0.15) is 46.3 Å². The third-order valence-electron chi connectivity index (χ3n) is 7.20. The molecule has 2 saturated heterocycles. The van der Waals surface area contributed by atoms with Crippen LogP contribution < -0.4 is 14.8 Å². The molecule has 0 bridgehead atoms. The van der Waals surface area contributed by atoms with Gasteiger partial charge in [0, 0.05) is 24.3 Å². The number of piperidine rings is 1. The van der Waals surface area contributed by atoms with Crippen molar-refractivity contribution < 1.29 is 28.7 Å². The van der Waals surface area contributed by atoms with E-state index in [0.717, 1.165) is 53.7 Å². The van der Waals surface area contributed by atoms with Crippen molar-refractivity contribution in [3.05, 3.63) is 93.9 Å². The number of carbonyl (C=O) groups is 4. The van der Waals surface area contributed by atoms with E-state index in [9.17, 15) is 19.2 Å². The molecule has 0 unspecified atom stereocenters. The largest absolute Gasteiger partial charge is 0.493 e. The smallest absolute Gasteiger partial charge is 0.294 e. The first kappa shape index (κ1) is 29.9. The zero-order valence-electron chi connectivity index (χ0n) is 24.1. The summed E-state index contributed by atoms with van der Waals surface area (Å²) in [4.78, 5) is 53.8. The fourth-order valence-electron chi connectivity index (χ4n) is 4.93. The number of benzene rings is 3. The quantitative estimate of drug-likeness (QED) is 0.306. The summed E-state index contributed by atoms with van der Waals surface area (Å²) in [6.07, 6.45) is 4.87. The number of nitrogens with zero attached hydrogens (tertiary/aromatic N) is 2. The van der Waals surface area contributed by atoms with E-state index in [0.29, 0.717) is 28.3 Å². The Balaban J connectivity index is 1.19. The monoisotopic (exact) mass is 599 g/mol. The van der Waals surface area contributed by atoms with Gasteiger partial charge in [0.05, 0.1) is 12.0 Å². The molecule has 3 aromatic rings. The van der Waals surface area contributed by atoms with Crippen LogP contribution in [0.3, 0.4) is 0 Å². The van der Waals surface area contributed by atoms with Gasteiger partial charge in [-0.25, -0.2) is 0 Å². The zero-order valence-corrected chi connectivity index (χ0v) is 24.9. The van der Waals surface area contributed by atoms with E-state index in [-0.39, 0.29) is 24.0 Å². The molecular formula is C33H33N3O6S. The van der Waals surface area contributed by atoms with Crippen LogP contribution in [0, 0.1) is 6.92 Å². The van der Waals surface area contributed by atoms with Crippen LogP contribution in [0.15, 0.2) is 71.6 Å². The summed E-state index contributed by atoms with van der Waals surface area (Å²) in [5, 5.41) is 2.21. The standard InChI is InChI=1S/C33H33N3O6S/c1-22-7-6-8-26(17-22)34-30(37)20-36-32(39)29(43-33(36)40)19-24-11-14-27(28(18-24)41-2)42-21-23-9-12-25(13-10-23)31(38)35-15-4-3-5-16-35/h6-14,17-19H,3-5,15-16,20-21H2,1-2H3,(H,34,37)/b29-19-. The van der Waals surface area contributed by atoms with Gasteiger partial charge in [0.1, 0.15) is 13.2 Å². The predicted octanol–water partition coefficient (Wildman–Crippen LogP) is 5.88. The number of nitrogens with one attached hydrogen (secondary N) is 1. The van der Waals surface area contributed by atoms with Crippen molar-refractivity contribution in [3.8, 4) is 11.5 Å². The number of imide groups is 1. The van der Waals surface area contributed by atoms with Crippen molar-refractivity contribution in [2.24, 2.45) is 0 Å². The Bertz CT molecular complexity index is 1560. The van der Waals surface area contributed by atoms with Gasteiger partial charge in [-0.15, -0.1) is 0 Å². The van der Waals surface area contributed by atoms with E-state index in [1.807, 2.05) is 48.2 Å². The lowest BCUT2D eigenvalue weighted by Gasteiger charge is -2.26. The van der Waals surface area contributed by atoms with Gasteiger partial charge in [-0.2, -0.15) is 0 Å². The number of ether oxygens (including phenoxy) is 2. The molecule has 0 radical (unpaired) electrons. The van der Waals surface area contributed by atoms with Crippen molar-refractivity contribution >= 4 is 46.5 Å². The Kier molecular flexibility index (Phi) is 9.46. The Morgan fingerprint density at radius 1 is 0.953 bits per heavy atom. The van der Waals surface area contributed by atoms with Gasteiger partial charge >= 0.3 is 0 Å². The van der Waals surface area contributed by atoms with Crippen molar-refractivity contribution in [1.29, 1.82) is 0 Å². The fourth-order valence-corrected chi connectivity index (χ4v) is 5.77. The fraction of sp³-hybridized carbons (Fsp3) is 0.273. The number of rotatable bonds is 9. The van der Waals surface area contributed by atoms with Crippen LogP contribution >= 0.6 is 11.8 Å². The number of likely N-dealkylation sites (tertiary alicyclic amines) is 1. The van der Waals surface area contributed by atoms with Crippen LogP contribution in [0.25, 0.3) is 6.08 Å². The first-order chi connectivity index (χ1) is 20.8. The summed E-state index contributed by atoms with van der Waals surface area (Å²) in [6, 6.07) is 19.9. The number of thioether (sulfide) groups is 1. The van der Waals surface area contributed by atoms with Gasteiger partial charge in [-0.05, 0) is 97.1 Å². The average molecular weight is 600 g/mol. The number of hydrogen-bond donors (Lipinski definition) is 1. The van der Waals surface area contributed by atoms with Crippen molar-refractivity contribution in [2.75, 3.05) is 32.1 Å². The van der Waals surface area contributed by atoms with E-state index in [1.165, 1.54) is 13.5 Å².